The Hall–Kier alpha value is -3.35. The summed E-state index contributed by atoms with van der Waals surface area (Å²) in [6.45, 7) is -1.26. The highest BCUT2D eigenvalue weighted by molar-refractivity contribution is 6.10. The van der Waals surface area contributed by atoms with E-state index in [1.54, 1.807) is 12.1 Å². The summed E-state index contributed by atoms with van der Waals surface area (Å²) in [5, 5.41) is 89.3. The molecular formula is C28H34O15. The Morgan fingerprint density at radius 2 is 1.28 bits per heavy atom. The van der Waals surface area contributed by atoms with Gasteiger partial charge in [-0.2, -0.15) is 0 Å². The van der Waals surface area contributed by atoms with Crippen LogP contribution in [0.2, 0.25) is 0 Å². The minimum absolute atomic E-state index is 0.0856. The Labute approximate surface area is 245 Å². The zero-order valence-corrected chi connectivity index (χ0v) is 22.8. The van der Waals surface area contributed by atoms with Gasteiger partial charge in [0.15, 0.2) is 5.78 Å². The molecule has 4 rings (SSSR count). The number of methoxy groups -OCH3 is 1. The summed E-state index contributed by atoms with van der Waals surface area (Å²) in [4.78, 5) is 13.0. The molecule has 2 aromatic rings. The van der Waals surface area contributed by atoms with E-state index in [-0.39, 0.29) is 22.8 Å². The lowest BCUT2D eigenvalue weighted by Crippen LogP contribution is -2.60. The number of ether oxygens (including phenoxy) is 5. The van der Waals surface area contributed by atoms with E-state index in [4.69, 9.17) is 23.7 Å². The standard InChI is InChI=1S/C28H34O15/c1-39-17-9-14(41-28-26(38)24(36)22(34)19(11-30)43-28)8-16(32)20(17)15(31)7-4-12-2-5-13(6-3-12)40-27-25(37)23(35)21(33)18(10-29)42-27/h2-9,18-19,21-30,32-38H,10-11H2,1H3/b7-4+/t18-,19-,21-,22-,23+,24+,25-,26-,27+,28+/m1/s1. The van der Waals surface area contributed by atoms with Crippen molar-refractivity contribution in [1.29, 1.82) is 0 Å². The fraction of sp³-hybridized carbons (Fsp3) is 0.464. The van der Waals surface area contributed by atoms with Crippen LogP contribution in [0.4, 0.5) is 0 Å². The molecule has 15 nitrogen and oxygen atoms in total. The van der Waals surface area contributed by atoms with Gasteiger partial charge < -0.3 is 69.6 Å². The number of allylic oxidation sites excluding steroid dienone is 1. The maximum Gasteiger partial charge on any atom is 0.229 e. The van der Waals surface area contributed by atoms with E-state index in [0.29, 0.717) is 5.56 Å². The Balaban J connectivity index is 1.43. The van der Waals surface area contributed by atoms with Gasteiger partial charge >= 0.3 is 0 Å². The molecule has 2 aliphatic rings. The summed E-state index contributed by atoms with van der Waals surface area (Å²) in [7, 11) is 1.25. The van der Waals surface area contributed by atoms with Gasteiger partial charge in [0.1, 0.15) is 77.4 Å². The van der Waals surface area contributed by atoms with Crippen LogP contribution in [0, 0.1) is 0 Å². The first-order valence-electron chi connectivity index (χ1n) is 13.2. The van der Waals surface area contributed by atoms with Crippen molar-refractivity contribution in [1.82, 2.24) is 0 Å². The van der Waals surface area contributed by atoms with Crippen molar-refractivity contribution in [2.24, 2.45) is 0 Å². The summed E-state index contributed by atoms with van der Waals surface area (Å²) in [5.41, 5.74) is 0.331. The second-order valence-corrected chi connectivity index (χ2v) is 9.92. The molecule has 2 saturated heterocycles. The molecule has 0 amide bonds. The lowest BCUT2D eigenvalue weighted by molar-refractivity contribution is -0.277. The van der Waals surface area contributed by atoms with E-state index in [2.05, 4.69) is 0 Å². The van der Waals surface area contributed by atoms with E-state index in [0.717, 1.165) is 6.07 Å². The highest BCUT2D eigenvalue weighted by Crippen LogP contribution is 2.36. The minimum atomic E-state index is -1.69. The van der Waals surface area contributed by atoms with E-state index in [9.17, 15) is 50.8 Å². The Kier molecular flexibility index (Phi) is 10.6. The van der Waals surface area contributed by atoms with Crippen molar-refractivity contribution in [2.75, 3.05) is 20.3 Å². The van der Waals surface area contributed by atoms with Crippen LogP contribution in [0.5, 0.6) is 23.0 Å². The summed E-state index contributed by atoms with van der Waals surface area (Å²) < 4.78 is 26.9. The second-order valence-electron chi connectivity index (χ2n) is 9.92. The predicted octanol–water partition coefficient (Wildman–Crippen LogP) is -2.35. The smallest absolute Gasteiger partial charge is 0.229 e. The monoisotopic (exact) mass is 610 g/mol. The van der Waals surface area contributed by atoms with Crippen molar-refractivity contribution < 1.29 is 74.4 Å². The quantitative estimate of drug-likeness (QED) is 0.101. The molecule has 2 fully saturated rings. The number of carbonyl (C=O) groups is 1. The lowest BCUT2D eigenvalue weighted by atomic mass is 9.99. The van der Waals surface area contributed by atoms with E-state index in [1.165, 1.54) is 37.5 Å². The maximum atomic E-state index is 13.0. The van der Waals surface area contributed by atoms with Gasteiger partial charge in [-0.15, -0.1) is 0 Å². The molecule has 15 heteroatoms. The molecule has 236 valence electrons. The topological polar surface area (TPSA) is 245 Å². The molecule has 10 atom stereocenters. The number of rotatable bonds is 10. The fourth-order valence-electron chi connectivity index (χ4n) is 4.56. The van der Waals surface area contributed by atoms with Crippen LogP contribution in [0.15, 0.2) is 42.5 Å². The first kappa shape index (κ1) is 32.6. The number of benzene rings is 2. The Morgan fingerprint density at radius 3 is 1.77 bits per heavy atom. The summed E-state index contributed by atoms with van der Waals surface area (Å²) in [6, 6.07) is 8.43. The summed E-state index contributed by atoms with van der Waals surface area (Å²) in [5.74, 6) is -1.14. The molecule has 2 aliphatic heterocycles. The van der Waals surface area contributed by atoms with E-state index in [1.807, 2.05) is 0 Å². The van der Waals surface area contributed by atoms with Crippen molar-refractivity contribution in [3.63, 3.8) is 0 Å². The van der Waals surface area contributed by atoms with E-state index >= 15 is 0 Å². The average Bonchev–Trinajstić information content (AvgIpc) is 3.00. The van der Waals surface area contributed by atoms with Crippen molar-refractivity contribution in [3.8, 4) is 23.0 Å². The van der Waals surface area contributed by atoms with Crippen LogP contribution < -0.4 is 14.2 Å². The number of ketones is 1. The Bertz CT molecular complexity index is 1260. The van der Waals surface area contributed by atoms with Crippen LogP contribution in [-0.2, 0) is 9.47 Å². The first-order chi connectivity index (χ1) is 20.5. The third-order valence-electron chi connectivity index (χ3n) is 7.03. The van der Waals surface area contributed by atoms with E-state index < -0.39 is 86.2 Å². The van der Waals surface area contributed by atoms with Crippen molar-refractivity contribution in [3.05, 3.63) is 53.6 Å². The van der Waals surface area contributed by atoms with Gasteiger partial charge in [-0.25, -0.2) is 0 Å². The number of aliphatic hydroxyl groups excluding tert-OH is 8. The SMILES string of the molecule is COc1cc(O[C@H]2O[C@H](CO)[C@@H](O)[C@H](O)[C@H]2O)cc(O)c1C(=O)/C=C/c1ccc(O[C@H]2O[C@H](CO)[C@@H](O)[C@H](O)[C@H]2O)cc1. The molecule has 0 saturated carbocycles. The molecule has 2 aromatic carbocycles. The molecule has 0 unspecified atom stereocenters. The number of aromatic hydroxyl groups is 1. The number of carbonyl (C=O) groups excluding carboxylic acids is 1. The number of hydrogen-bond acceptors (Lipinski definition) is 15. The minimum Gasteiger partial charge on any atom is -0.507 e. The van der Waals surface area contributed by atoms with Crippen LogP contribution in [0.1, 0.15) is 15.9 Å². The van der Waals surface area contributed by atoms with Gasteiger partial charge in [-0.05, 0) is 23.8 Å². The molecule has 0 aromatic heterocycles. The average molecular weight is 611 g/mol. The van der Waals surface area contributed by atoms with Crippen LogP contribution in [-0.4, -0.2) is 133 Å². The molecule has 0 bridgehead atoms. The number of hydrogen-bond donors (Lipinski definition) is 9. The van der Waals surface area contributed by atoms with Crippen LogP contribution in [0.25, 0.3) is 6.08 Å². The number of phenols is 1. The molecule has 2 heterocycles. The zero-order chi connectivity index (χ0) is 31.4. The van der Waals surface area contributed by atoms with Gasteiger partial charge in [0.2, 0.25) is 12.6 Å². The van der Waals surface area contributed by atoms with Crippen LogP contribution >= 0.6 is 0 Å². The van der Waals surface area contributed by atoms with Gasteiger partial charge in [0, 0.05) is 12.1 Å². The van der Waals surface area contributed by atoms with Gasteiger partial charge in [0.25, 0.3) is 0 Å². The lowest BCUT2D eigenvalue weighted by Gasteiger charge is -2.39. The molecule has 0 aliphatic carbocycles. The Morgan fingerprint density at radius 1 is 0.767 bits per heavy atom. The summed E-state index contributed by atoms with van der Waals surface area (Å²) >= 11 is 0. The second kappa shape index (κ2) is 14.0. The number of phenolic OH excluding ortho intramolecular Hbond substituents is 1. The maximum absolute atomic E-state index is 13.0. The largest absolute Gasteiger partial charge is 0.507 e. The molecular weight excluding hydrogens is 576 g/mol. The molecule has 9 N–H and O–H groups in total. The van der Waals surface area contributed by atoms with Crippen molar-refractivity contribution in [2.45, 2.75) is 61.4 Å². The molecule has 0 spiro atoms. The normalized spacial score (nSPS) is 32.9. The van der Waals surface area contributed by atoms with Gasteiger partial charge in [0.05, 0.1) is 20.3 Å². The predicted molar refractivity (Wildman–Crippen MR) is 143 cm³/mol. The third kappa shape index (κ3) is 7.08. The van der Waals surface area contributed by atoms with Crippen molar-refractivity contribution >= 4 is 11.9 Å². The highest BCUT2D eigenvalue weighted by Gasteiger charge is 2.46. The van der Waals surface area contributed by atoms with Crippen LogP contribution in [0.3, 0.4) is 0 Å². The molecule has 0 radical (unpaired) electrons. The number of aliphatic hydroxyl groups is 8. The van der Waals surface area contributed by atoms with Gasteiger partial charge in [-0.1, -0.05) is 18.2 Å². The highest BCUT2D eigenvalue weighted by atomic mass is 16.7. The fourth-order valence-corrected chi connectivity index (χ4v) is 4.56. The zero-order valence-electron chi connectivity index (χ0n) is 22.8. The molecule has 43 heavy (non-hydrogen) atoms. The third-order valence-corrected chi connectivity index (χ3v) is 7.03. The first-order valence-corrected chi connectivity index (χ1v) is 13.2. The van der Waals surface area contributed by atoms with Gasteiger partial charge in [-0.3, -0.25) is 4.79 Å². The summed E-state index contributed by atoms with van der Waals surface area (Å²) in [6.07, 6.45) is -12.2.